The standard InChI is InChI=1S/C23H18N4O11S3/c24-13-6-9-18(39(30,31)32)17(10-13)26-27-20-19(40(33,34)35)11-15-14(21(20)28)7-8-16(22(15)41(36,37)38)25-23(29)12-4-2-1-3-5-12/h1-11,28H,24H2,(H,25,29)(H,30,31,32)(H,33,34,35)(H,36,37,38). The minimum absolute atomic E-state index is 0.0352. The third-order valence-corrected chi connectivity index (χ3v) is 8.25. The Labute approximate surface area is 232 Å². The maximum Gasteiger partial charge on any atom is 0.297 e. The minimum atomic E-state index is -5.31. The van der Waals surface area contributed by atoms with Crippen LogP contribution >= 0.6 is 0 Å². The average Bonchev–Trinajstić information content (AvgIpc) is 2.86. The van der Waals surface area contributed by atoms with Gasteiger partial charge in [0.25, 0.3) is 36.3 Å². The number of nitrogens with one attached hydrogen (secondary N) is 1. The molecule has 0 atom stereocenters. The molecule has 0 aliphatic heterocycles. The van der Waals surface area contributed by atoms with Gasteiger partial charge in [-0.2, -0.15) is 25.3 Å². The number of hydrogen-bond acceptors (Lipinski definition) is 11. The Morgan fingerprint density at radius 3 is 1.95 bits per heavy atom. The molecule has 0 aromatic heterocycles. The highest BCUT2D eigenvalue weighted by Crippen LogP contribution is 2.45. The summed E-state index contributed by atoms with van der Waals surface area (Å²) in [5, 5.41) is 19.2. The number of hydrogen-bond donors (Lipinski definition) is 6. The Hall–Kier alpha value is -4.46. The van der Waals surface area contributed by atoms with Crippen molar-refractivity contribution in [2.24, 2.45) is 10.2 Å². The number of carbonyl (C=O) groups excluding carboxylic acids is 1. The van der Waals surface area contributed by atoms with E-state index in [2.05, 4.69) is 15.5 Å². The summed E-state index contributed by atoms with van der Waals surface area (Å²) in [4.78, 5) is 9.64. The number of rotatable bonds is 7. The molecule has 18 heteroatoms. The first-order chi connectivity index (χ1) is 19.0. The molecule has 4 aromatic rings. The fraction of sp³-hybridized carbons (Fsp3) is 0. The fourth-order valence-electron chi connectivity index (χ4n) is 3.78. The van der Waals surface area contributed by atoms with Crippen molar-refractivity contribution in [3.05, 3.63) is 72.3 Å². The normalized spacial score (nSPS) is 12.6. The number of carbonyl (C=O) groups is 1. The van der Waals surface area contributed by atoms with Gasteiger partial charge in [0.2, 0.25) is 0 Å². The van der Waals surface area contributed by atoms with Crippen molar-refractivity contribution in [1.82, 2.24) is 0 Å². The molecule has 214 valence electrons. The summed E-state index contributed by atoms with van der Waals surface area (Å²) in [6, 6.07) is 13.1. The molecule has 15 nitrogen and oxygen atoms in total. The van der Waals surface area contributed by atoms with Gasteiger partial charge in [-0.1, -0.05) is 18.2 Å². The Bertz CT molecular complexity index is 2080. The molecule has 0 unspecified atom stereocenters. The van der Waals surface area contributed by atoms with Gasteiger partial charge in [0.15, 0.2) is 5.75 Å². The summed E-state index contributed by atoms with van der Waals surface area (Å²) in [7, 11) is -15.4. The van der Waals surface area contributed by atoms with E-state index < -0.39 is 84.5 Å². The first-order valence-corrected chi connectivity index (χ1v) is 15.2. The van der Waals surface area contributed by atoms with Crippen molar-refractivity contribution in [3.63, 3.8) is 0 Å². The van der Waals surface area contributed by atoms with E-state index in [1.165, 1.54) is 24.3 Å². The van der Waals surface area contributed by atoms with Gasteiger partial charge < -0.3 is 16.2 Å². The minimum Gasteiger partial charge on any atom is -0.505 e. The highest BCUT2D eigenvalue weighted by molar-refractivity contribution is 7.86. The van der Waals surface area contributed by atoms with Crippen LogP contribution in [-0.2, 0) is 30.4 Å². The monoisotopic (exact) mass is 622 g/mol. The molecule has 0 heterocycles. The maximum absolute atomic E-state index is 12.6. The number of anilines is 2. The van der Waals surface area contributed by atoms with Crippen LogP contribution in [0, 0.1) is 0 Å². The van der Waals surface area contributed by atoms with Crippen molar-refractivity contribution < 1.29 is 48.8 Å². The number of fused-ring (bicyclic) bond motifs is 1. The number of phenols is 1. The van der Waals surface area contributed by atoms with Crippen molar-refractivity contribution >= 4 is 69.8 Å². The van der Waals surface area contributed by atoms with E-state index in [9.17, 15) is 48.8 Å². The predicted molar refractivity (Wildman–Crippen MR) is 144 cm³/mol. The van der Waals surface area contributed by atoms with Crippen LogP contribution in [0.5, 0.6) is 5.75 Å². The molecule has 0 spiro atoms. The Morgan fingerprint density at radius 2 is 1.37 bits per heavy atom. The second kappa shape index (κ2) is 10.5. The van der Waals surface area contributed by atoms with Gasteiger partial charge >= 0.3 is 0 Å². The number of aromatic hydroxyl groups is 1. The van der Waals surface area contributed by atoms with Crippen molar-refractivity contribution in [2.75, 3.05) is 11.1 Å². The molecular formula is C23H18N4O11S3. The lowest BCUT2D eigenvalue weighted by Gasteiger charge is -2.15. The lowest BCUT2D eigenvalue weighted by Crippen LogP contribution is -2.15. The van der Waals surface area contributed by atoms with Crippen LogP contribution < -0.4 is 11.1 Å². The largest absolute Gasteiger partial charge is 0.505 e. The van der Waals surface area contributed by atoms with Crippen LogP contribution in [-0.4, -0.2) is 49.9 Å². The number of amides is 1. The Balaban J connectivity index is 1.99. The van der Waals surface area contributed by atoms with E-state index in [4.69, 9.17) is 5.73 Å². The number of phenolic OH excluding ortho intramolecular Hbond substituents is 1. The highest BCUT2D eigenvalue weighted by Gasteiger charge is 2.28. The van der Waals surface area contributed by atoms with E-state index >= 15 is 0 Å². The van der Waals surface area contributed by atoms with E-state index in [0.717, 1.165) is 30.3 Å². The molecule has 4 rings (SSSR count). The fourth-order valence-corrected chi connectivity index (χ4v) is 5.88. The lowest BCUT2D eigenvalue weighted by atomic mass is 10.1. The number of benzene rings is 4. The molecule has 41 heavy (non-hydrogen) atoms. The summed E-state index contributed by atoms with van der Waals surface area (Å²) in [6.45, 7) is 0. The summed E-state index contributed by atoms with van der Waals surface area (Å²) < 4.78 is 102. The van der Waals surface area contributed by atoms with Crippen molar-refractivity contribution in [3.8, 4) is 5.75 Å². The molecule has 4 aromatic carbocycles. The van der Waals surface area contributed by atoms with Gasteiger partial charge in [0.1, 0.15) is 26.1 Å². The second-order valence-corrected chi connectivity index (χ2v) is 12.4. The lowest BCUT2D eigenvalue weighted by molar-refractivity contribution is 0.102. The van der Waals surface area contributed by atoms with E-state index in [0.29, 0.717) is 6.07 Å². The second-order valence-electron chi connectivity index (χ2n) is 8.28. The summed E-state index contributed by atoms with van der Waals surface area (Å²) in [6.07, 6.45) is 0. The molecule has 0 fully saturated rings. The number of nitrogens with two attached hydrogens (primary N) is 1. The van der Waals surface area contributed by atoms with Crippen LogP contribution in [0.1, 0.15) is 10.4 Å². The molecule has 0 radical (unpaired) electrons. The SMILES string of the molecule is Nc1ccc(S(=O)(=O)O)c(N=Nc2c(S(=O)(=O)O)cc3c(S(=O)(=O)O)c(NC(=O)c4ccccc4)ccc3c2O)c1. The van der Waals surface area contributed by atoms with Crippen molar-refractivity contribution in [1.29, 1.82) is 0 Å². The predicted octanol–water partition coefficient (Wildman–Crippen LogP) is 3.54. The molecular weight excluding hydrogens is 604 g/mol. The first kappa shape index (κ1) is 29.5. The summed E-state index contributed by atoms with van der Waals surface area (Å²) >= 11 is 0. The highest BCUT2D eigenvalue weighted by atomic mass is 32.2. The number of nitrogen functional groups attached to an aromatic ring is 1. The quantitative estimate of drug-likeness (QED) is 0.0982. The third-order valence-electron chi connectivity index (χ3n) is 5.52. The summed E-state index contributed by atoms with van der Waals surface area (Å²) in [5.74, 6) is -1.86. The van der Waals surface area contributed by atoms with Crippen molar-refractivity contribution in [2.45, 2.75) is 14.7 Å². The zero-order chi connectivity index (χ0) is 30.3. The molecule has 7 N–H and O–H groups in total. The van der Waals surface area contributed by atoms with Gasteiger partial charge in [0.05, 0.1) is 5.69 Å². The van der Waals surface area contributed by atoms with E-state index in [1.807, 2.05) is 0 Å². The third kappa shape index (κ3) is 6.16. The van der Waals surface area contributed by atoms with Gasteiger partial charge in [0, 0.05) is 22.0 Å². The van der Waals surface area contributed by atoms with Crippen LogP contribution in [0.3, 0.4) is 0 Å². The molecule has 1 amide bonds. The van der Waals surface area contributed by atoms with Crippen LogP contribution in [0.2, 0.25) is 0 Å². The zero-order valence-corrected chi connectivity index (χ0v) is 22.6. The Morgan fingerprint density at radius 1 is 0.732 bits per heavy atom. The van der Waals surface area contributed by atoms with Gasteiger partial charge in [-0.25, -0.2) is 0 Å². The molecule has 0 bridgehead atoms. The first-order valence-electron chi connectivity index (χ1n) is 10.9. The Kier molecular flexibility index (Phi) is 7.56. The molecule has 0 saturated heterocycles. The van der Waals surface area contributed by atoms with Gasteiger partial charge in [-0.3, -0.25) is 18.5 Å². The smallest absolute Gasteiger partial charge is 0.297 e. The zero-order valence-electron chi connectivity index (χ0n) is 20.2. The van der Waals surface area contributed by atoms with E-state index in [-0.39, 0.29) is 11.3 Å². The molecule has 0 aliphatic rings. The molecule has 0 saturated carbocycles. The van der Waals surface area contributed by atoms with Crippen LogP contribution in [0.25, 0.3) is 10.8 Å². The number of azo groups is 1. The van der Waals surface area contributed by atoms with Crippen LogP contribution in [0.4, 0.5) is 22.7 Å². The summed E-state index contributed by atoms with van der Waals surface area (Å²) in [5.41, 5.74) is 3.64. The number of nitrogens with zero attached hydrogens (tertiary/aromatic N) is 2. The van der Waals surface area contributed by atoms with Gasteiger partial charge in [-0.05, 0) is 48.5 Å². The van der Waals surface area contributed by atoms with Gasteiger partial charge in [-0.15, -0.1) is 10.2 Å². The van der Waals surface area contributed by atoms with Crippen LogP contribution in [0.15, 0.2) is 91.6 Å². The molecule has 0 aliphatic carbocycles. The topological polar surface area (TPSA) is 263 Å². The van der Waals surface area contributed by atoms with E-state index in [1.54, 1.807) is 6.07 Å². The average molecular weight is 623 g/mol. The maximum atomic E-state index is 12.6.